The summed E-state index contributed by atoms with van der Waals surface area (Å²) in [5.41, 5.74) is 1.62. The van der Waals surface area contributed by atoms with E-state index in [0.717, 1.165) is 63.4 Å². The number of rotatable bonds is 5. The first-order valence-electron chi connectivity index (χ1n) is 19.3. The van der Waals surface area contributed by atoms with Crippen LogP contribution in [0.15, 0.2) is 75.5 Å². The van der Waals surface area contributed by atoms with E-state index in [0.29, 0.717) is 46.1 Å². The van der Waals surface area contributed by atoms with E-state index in [1.165, 1.54) is 36.4 Å². The molecule has 280 valence electrons. The lowest BCUT2D eigenvalue weighted by molar-refractivity contribution is -0.204. The summed E-state index contributed by atoms with van der Waals surface area (Å²) in [6.07, 6.45) is 9.74. The van der Waals surface area contributed by atoms with Gasteiger partial charge in [0.25, 0.3) is 5.91 Å². The number of carbonyl (C=O) groups excluding carboxylic acids is 2. The number of phenols is 1. The van der Waals surface area contributed by atoms with Crippen molar-refractivity contribution in [3.63, 3.8) is 0 Å². The van der Waals surface area contributed by atoms with Gasteiger partial charge in [-0.05, 0) is 140 Å². The van der Waals surface area contributed by atoms with Gasteiger partial charge in [0, 0.05) is 51.7 Å². The second kappa shape index (κ2) is 12.3. The first-order chi connectivity index (χ1) is 25.8. The van der Waals surface area contributed by atoms with Gasteiger partial charge in [0.2, 0.25) is 0 Å². The number of hydrogen-bond acceptors (Lipinski definition) is 8. The first kappa shape index (κ1) is 34.8. The van der Waals surface area contributed by atoms with Crippen LogP contribution in [0, 0.1) is 34.5 Å². The molecule has 9 rings (SSSR count). The lowest BCUT2D eigenvalue weighted by Gasteiger charge is -2.64. The Morgan fingerprint density at radius 2 is 1.70 bits per heavy atom. The Kier molecular flexibility index (Phi) is 7.91. The van der Waals surface area contributed by atoms with E-state index in [4.69, 9.17) is 9.15 Å². The summed E-state index contributed by atoms with van der Waals surface area (Å²) >= 11 is 0. The molecular weight excluding hydrogens is 686 g/mol. The molecule has 4 fully saturated rings. The zero-order chi connectivity index (χ0) is 37.7. The Hall–Kier alpha value is -4.96. The lowest BCUT2D eigenvalue weighted by Crippen LogP contribution is -2.62. The third-order valence-corrected chi connectivity index (χ3v) is 14.8. The molecule has 10 heteroatoms. The van der Waals surface area contributed by atoms with Crippen molar-refractivity contribution in [2.24, 2.45) is 34.5 Å². The number of fused-ring (bicyclic) bond motifs is 7. The summed E-state index contributed by atoms with van der Waals surface area (Å²) in [4.78, 5) is 50.8. The van der Waals surface area contributed by atoms with E-state index in [1.807, 2.05) is 0 Å². The maximum atomic E-state index is 14.0. The van der Waals surface area contributed by atoms with E-state index < -0.39 is 11.6 Å². The summed E-state index contributed by atoms with van der Waals surface area (Å²) in [5.74, 6) is -0.405. The predicted molar refractivity (Wildman–Crippen MR) is 200 cm³/mol. The number of phenolic OH excluding ortho intramolecular Hbond substituents is 1. The van der Waals surface area contributed by atoms with E-state index >= 15 is 0 Å². The Balaban J connectivity index is 0.968. The van der Waals surface area contributed by atoms with E-state index in [1.54, 1.807) is 24.3 Å². The van der Waals surface area contributed by atoms with Crippen LogP contribution in [-0.4, -0.2) is 51.4 Å². The fourth-order valence-electron chi connectivity index (χ4n) is 12.0. The van der Waals surface area contributed by atoms with Gasteiger partial charge in [0.15, 0.2) is 5.43 Å². The van der Waals surface area contributed by atoms with Gasteiger partial charge >= 0.3 is 11.9 Å². The standard InChI is InChI=1S/C44H45NO9/c1-42-14-11-26(19-25(42)4-10-35-34(42)12-15-43(2)33(13-16-44(35,43)52)24-18-38(48)53-22-24)45-40(49)23-3-7-29(41(50)51)32(17-23)39-30-8-5-27(46)20-36(30)54-37-21-28(47)6-9-31(37)39/h3,5-9,17-18,20-21,25-26,33-35,46,52H,4,10-16,19,22H2,1-2H3,(H,45,49)(H,50,51)/t25-,26+,33-,34+,35-,42+,43-,44+/m1/s1. The molecule has 2 aliphatic heterocycles. The van der Waals surface area contributed by atoms with Crippen LogP contribution in [0.2, 0.25) is 0 Å². The Bertz CT molecular complexity index is 2310. The maximum Gasteiger partial charge on any atom is 0.336 e. The molecule has 0 aromatic heterocycles. The molecule has 4 N–H and O–H groups in total. The second-order valence-corrected chi connectivity index (χ2v) is 17.1. The third kappa shape index (κ3) is 5.16. The third-order valence-electron chi connectivity index (χ3n) is 14.8. The van der Waals surface area contributed by atoms with Crippen LogP contribution in [0.3, 0.4) is 0 Å². The number of amides is 1. The zero-order valence-electron chi connectivity index (χ0n) is 30.5. The zero-order valence-corrected chi connectivity index (χ0v) is 30.5. The van der Waals surface area contributed by atoms with Crippen molar-refractivity contribution >= 4 is 28.8 Å². The van der Waals surface area contributed by atoms with Crippen LogP contribution < -0.4 is 10.7 Å². The number of ether oxygens (including phenoxy) is 1. The van der Waals surface area contributed by atoms with Crippen LogP contribution in [0.4, 0.5) is 0 Å². The molecule has 7 aliphatic rings. The normalized spacial score (nSPS) is 33.1. The van der Waals surface area contributed by atoms with E-state index in [2.05, 4.69) is 19.2 Å². The molecule has 2 aromatic rings. The van der Waals surface area contributed by atoms with Crippen molar-refractivity contribution in [2.75, 3.05) is 6.61 Å². The highest BCUT2D eigenvalue weighted by Crippen LogP contribution is 2.70. The molecule has 0 unspecified atom stereocenters. The molecule has 0 spiro atoms. The molecule has 2 heterocycles. The molecule has 10 nitrogen and oxygen atoms in total. The molecule has 0 radical (unpaired) electrons. The van der Waals surface area contributed by atoms with Crippen LogP contribution in [-0.2, 0) is 9.53 Å². The molecule has 4 saturated carbocycles. The summed E-state index contributed by atoms with van der Waals surface area (Å²) in [7, 11) is 0. The van der Waals surface area contributed by atoms with Crippen molar-refractivity contribution in [3.8, 4) is 28.2 Å². The predicted octanol–water partition coefficient (Wildman–Crippen LogP) is 7.32. The van der Waals surface area contributed by atoms with Gasteiger partial charge in [0.1, 0.15) is 23.7 Å². The molecule has 1 amide bonds. The smallest absolute Gasteiger partial charge is 0.336 e. The van der Waals surface area contributed by atoms with Gasteiger partial charge < -0.3 is 29.8 Å². The highest BCUT2D eigenvalue weighted by atomic mass is 16.5. The first-order valence-corrected chi connectivity index (χ1v) is 19.3. The minimum atomic E-state index is -1.17. The molecule has 5 aliphatic carbocycles. The average Bonchev–Trinajstić information content (AvgIpc) is 3.69. The fraction of sp³-hybridized carbons (Fsp3) is 0.455. The minimum Gasteiger partial charge on any atom is -0.508 e. The van der Waals surface area contributed by atoms with Crippen molar-refractivity contribution < 1.29 is 38.9 Å². The Morgan fingerprint density at radius 1 is 0.870 bits per heavy atom. The largest absolute Gasteiger partial charge is 0.508 e. The van der Waals surface area contributed by atoms with Gasteiger partial charge in [-0.2, -0.15) is 0 Å². The number of benzene rings is 3. The minimum absolute atomic E-state index is 0.00886. The fourth-order valence-corrected chi connectivity index (χ4v) is 12.0. The van der Waals surface area contributed by atoms with Gasteiger partial charge in [0.05, 0.1) is 11.2 Å². The number of carbonyl (C=O) groups is 3. The summed E-state index contributed by atoms with van der Waals surface area (Å²) in [6, 6.07) is 13.4. The lowest BCUT2D eigenvalue weighted by atomic mass is 9.43. The van der Waals surface area contributed by atoms with Crippen molar-refractivity contribution in [2.45, 2.75) is 83.3 Å². The number of esters is 1. The summed E-state index contributed by atoms with van der Waals surface area (Å²) in [6.45, 7) is 4.99. The van der Waals surface area contributed by atoms with Crippen molar-refractivity contribution in [1.82, 2.24) is 5.32 Å². The topological polar surface area (TPSA) is 163 Å². The highest BCUT2D eigenvalue weighted by Gasteiger charge is 2.67. The van der Waals surface area contributed by atoms with Crippen LogP contribution in [0.5, 0.6) is 5.75 Å². The Morgan fingerprint density at radius 3 is 2.48 bits per heavy atom. The number of carboxylic acid groups (broad SMARTS) is 1. The number of aromatic carboxylic acids is 1. The molecule has 0 bridgehead atoms. The maximum absolute atomic E-state index is 14.0. The number of aromatic hydroxyl groups is 1. The summed E-state index contributed by atoms with van der Waals surface area (Å²) < 4.78 is 11.3. The number of hydrogen-bond donors (Lipinski definition) is 4. The summed E-state index contributed by atoms with van der Waals surface area (Å²) in [5, 5.41) is 36.9. The molecule has 54 heavy (non-hydrogen) atoms. The van der Waals surface area contributed by atoms with Crippen molar-refractivity contribution in [1.29, 1.82) is 0 Å². The van der Waals surface area contributed by atoms with Gasteiger partial charge in [-0.1, -0.05) is 13.8 Å². The van der Waals surface area contributed by atoms with Gasteiger partial charge in [-0.25, -0.2) is 9.59 Å². The quantitative estimate of drug-likeness (QED) is 0.122. The number of nitrogens with one attached hydrogen (secondary N) is 1. The average molecular weight is 732 g/mol. The van der Waals surface area contributed by atoms with Gasteiger partial charge in [-0.15, -0.1) is 0 Å². The highest BCUT2D eigenvalue weighted by molar-refractivity contribution is 6.09. The Labute approximate surface area is 312 Å². The van der Waals surface area contributed by atoms with Gasteiger partial charge in [-0.3, -0.25) is 9.59 Å². The molecule has 0 saturated heterocycles. The molecule has 2 aromatic carbocycles. The molecule has 8 atom stereocenters. The van der Waals surface area contributed by atoms with Crippen molar-refractivity contribution in [3.05, 3.63) is 87.6 Å². The van der Waals surface area contributed by atoms with E-state index in [-0.39, 0.29) is 68.7 Å². The van der Waals surface area contributed by atoms with Crippen LogP contribution in [0.1, 0.15) is 92.4 Å². The monoisotopic (exact) mass is 731 g/mol. The SMILES string of the molecule is C[C@]12CC[C@H](NC(=O)c3ccc(C(=O)O)c(-c4c5ccc(=O)cc-5oc5cc(O)ccc45)c3)C[C@H]1CC[C@@H]1[C@@H]2CC[C@]2(C)[C@@H](C3=CC(=O)OC3)CC[C@]12O. The number of cyclic esters (lactones) is 1. The van der Waals surface area contributed by atoms with Crippen LogP contribution >= 0.6 is 0 Å². The van der Waals surface area contributed by atoms with E-state index in [9.17, 15) is 34.5 Å². The number of carboxylic acids is 1. The number of aliphatic hydroxyl groups is 1. The van der Waals surface area contributed by atoms with Crippen LogP contribution in [0.25, 0.3) is 33.4 Å². The second-order valence-electron chi connectivity index (χ2n) is 17.1. The molecular formula is C44H45NO9.